The average Bonchev–Trinajstić information content (AvgIpc) is 2.52. The molecule has 2 aromatic rings. The first-order valence-electron chi connectivity index (χ1n) is 6.56. The summed E-state index contributed by atoms with van der Waals surface area (Å²) in [6.07, 6.45) is 2.92. The maximum Gasteiger partial charge on any atom is 0.267 e. The summed E-state index contributed by atoms with van der Waals surface area (Å²) < 4.78 is 0. The number of nitriles is 1. The number of halogens is 2. The Morgan fingerprint density at radius 1 is 1.35 bits per heavy atom. The Hall–Kier alpha value is -2.55. The lowest BCUT2D eigenvalue weighted by Gasteiger charge is -2.07. The van der Waals surface area contributed by atoms with Gasteiger partial charge in [0.15, 0.2) is 0 Å². The molecule has 1 aromatic carbocycles. The number of carbonyl (C=O) groups is 1. The van der Waals surface area contributed by atoms with Crippen LogP contribution in [0.2, 0.25) is 10.0 Å². The lowest BCUT2D eigenvalue weighted by molar-refractivity contribution is -0.112. The van der Waals surface area contributed by atoms with Crippen LogP contribution in [0.1, 0.15) is 5.56 Å². The zero-order valence-corrected chi connectivity index (χ0v) is 13.6. The van der Waals surface area contributed by atoms with E-state index in [2.05, 4.69) is 15.6 Å². The maximum absolute atomic E-state index is 12.1. The highest BCUT2D eigenvalue weighted by Crippen LogP contribution is 2.29. The predicted octanol–water partition coefficient (Wildman–Crippen LogP) is 4.15. The van der Waals surface area contributed by atoms with Crippen LogP contribution in [0.3, 0.4) is 0 Å². The summed E-state index contributed by atoms with van der Waals surface area (Å²) in [5.74, 6) is -0.0665. The first-order chi connectivity index (χ1) is 11.0. The fraction of sp³-hybridized carbons (Fsp3) is 0.0625. The molecule has 2 N–H and O–H groups in total. The molecule has 0 atom stereocenters. The Labute approximate surface area is 143 Å². The zero-order chi connectivity index (χ0) is 16.8. The molecule has 0 unspecified atom stereocenters. The molecular weight excluding hydrogens is 335 g/mol. The topological polar surface area (TPSA) is 77.8 Å². The SMILES string of the molecule is Cc1ccnc(N/C=C(/C#N)C(=O)Nc2cccc(Cl)c2Cl)c1. The van der Waals surface area contributed by atoms with Crippen LogP contribution in [0, 0.1) is 18.3 Å². The number of carbonyl (C=O) groups excluding carboxylic acids is 1. The summed E-state index contributed by atoms with van der Waals surface area (Å²) in [6, 6.07) is 10.3. The molecule has 23 heavy (non-hydrogen) atoms. The molecule has 0 bridgehead atoms. The second kappa shape index (κ2) is 7.63. The Kier molecular flexibility index (Phi) is 5.58. The van der Waals surface area contributed by atoms with Gasteiger partial charge in [0.05, 0.1) is 15.7 Å². The number of nitrogens with zero attached hydrogens (tertiary/aromatic N) is 2. The van der Waals surface area contributed by atoms with Crippen molar-refractivity contribution in [1.29, 1.82) is 5.26 Å². The average molecular weight is 347 g/mol. The second-order valence-electron chi connectivity index (χ2n) is 4.59. The third-order valence-electron chi connectivity index (χ3n) is 2.84. The van der Waals surface area contributed by atoms with E-state index in [-0.39, 0.29) is 10.6 Å². The standard InChI is InChI=1S/C16H12Cl2N4O/c1-10-5-6-20-14(7-10)21-9-11(8-19)16(23)22-13-4-2-3-12(17)15(13)18/h2-7,9H,1H3,(H,20,21)(H,22,23)/b11-9-. The maximum atomic E-state index is 12.1. The first kappa shape index (κ1) is 16.8. The summed E-state index contributed by atoms with van der Waals surface area (Å²) in [4.78, 5) is 16.2. The van der Waals surface area contributed by atoms with Crippen molar-refractivity contribution < 1.29 is 4.79 Å². The minimum atomic E-state index is -0.600. The van der Waals surface area contributed by atoms with Crippen molar-refractivity contribution in [2.45, 2.75) is 6.92 Å². The normalized spacial score (nSPS) is 10.8. The highest BCUT2D eigenvalue weighted by atomic mass is 35.5. The fourth-order valence-corrected chi connectivity index (χ4v) is 2.05. The summed E-state index contributed by atoms with van der Waals surface area (Å²) in [7, 11) is 0. The molecule has 0 aliphatic rings. The van der Waals surface area contributed by atoms with Gasteiger partial charge in [-0.2, -0.15) is 5.26 Å². The Morgan fingerprint density at radius 3 is 2.83 bits per heavy atom. The van der Waals surface area contributed by atoms with Crippen LogP contribution in [0.25, 0.3) is 0 Å². The summed E-state index contributed by atoms with van der Waals surface area (Å²) in [5, 5.41) is 15.0. The molecule has 0 spiro atoms. The fourth-order valence-electron chi connectivity index (χ4n) is 1.70. The molecule has 0 aliphatic heterocycles. The molecular formula is C16H12Cl2N4O. The van der Waals surface area contributed by atoms with Crippen molar-refractivity contribution in [2.75, 3.05) is 10.6 Å². The molecule has 5 nitrogen and oxygen atoms in total. The van der Waals surface area contributed by atoms with E-state index in [9.17, 15) is 4.79 Å². The number of anilines is 2. The molecule has 116 valence electrons. The molecule has 7 heteroatoms. The van der Waals surface area contributed by atoms with E-state index in [1.165, 1.54) is 6.20 Å². The van der Waals surface area contributed by atoms with Crippen LogP contribution in [-0.4, -0.2) is 10.9 Å². The number of benzene rings is 1. The Bertz CT molecular complexity index is 812. The van der Waals surface area contributed by atoms with Gasteiger partial charge in [0.2, 0.25) is 0 Å². The van der Waals surface area contributed by atoms with Crippen LogP contribution < -0.4 is 10.6 Å². The highest BCUT2D eigenvalue weighted by Gasteiger charge is 2.12. The van der Waals surface area contributed by atoms with Gasteiger partial charge >= 0.3 is 0 Å². The first-order valence-corrected chi connectivity index (χ1v) is 7.31. The van der Waals surface area contributed by atoms with Crippen molar-refractivity contribution in [2.24, 2.45) is 0 Å². The van der Waals surface area contributed by atoms with Gasteiger partial charge in [0, 0.05) is 12.4 Å². The number of hydrogen-bond donors (Lipinski definition) is 2. The Balaban J connectivity index is 2.14. The van der Waals surface area contributed by atoms with E-state index < -0.39 is 5.91 Å². The predicted molar refractivity (Wildman–Crippen MR) is 91.4 cm³/mol. The van der Waals surface area contributed by atoms with Gasteiger partial charge in [-0.3, -0.25) is 4.79 Å². The number of aryl methyl sites for hydroxylation is 1. The minimum absolute atomic E-state index is 0.121. The second-order valence-corrected chi connectivity index (χ2v) is 5.37. The van der Waals surface area contributed by atoms with E-state index in [4.69, 9.17) is 28.5 Å². The molecule has 0 saturated carbocycles. The summed E-state index contributed by atoms with van der Waals surface area (Å²) in [6.45, 7) is 1.91. The zero-order valence-electron chi connectivity index (χ0n) is 12.1. The van der Waals surface area contributed by atoms with Crippen molar-refractivity contribution in [3.63, 3.8) is 0 Å². The number of aromatic nitrogens is 1. The quantitative estimate of drug-likeness (QED) is 0.643. The van der Waals surface area contributed by atoms with Crippen molar-refractivity contribution >= 4 is 40.6 Å². The van der Waals surface area contributed by atoms with Crippen LogP contribution in [0.5, 0.6) is 0 Å². The smallest absolute Gasteiger partial charge is 0.267 e. The van der Waals surface area contributed by atoms with Crippen molar-refractivity contribution in [1.82, 2.24) is 4.98 Å². The van der Waals surface area contributed by atoms with Gasteiger partial charge in [-0.25, -0.2) is 4.98 Å². The molecule has 0 saturated heterocycles. The van der Waals surface area contributed by atoms with E-state index in [1.807, 2.05) is 19.1 Å². The summed E-state index contributed by atoms with van der Waals surface area (Å²) >= 11 is 11.9. The number of rotatable bonds is 4. The van der Waals surface area contributed by atoms with E-state index >= 15 is 0 Å². The molecule has 0 aliphatic carbocycles. The molecule has 1 amide bonds. The van der Waals surface area contributed by atoms with Crippen LogP contribution in [0.4, 0.5) is 11.5 Å². The van der Waals surface area contributed by atoms with E-state index in [0.29, 0.717) is 16.5 Å². The van der Waals surface area contributed by atoms with Gasteiger partial charge in [-0.1, -0.05) is 29.3 Å². The van der Waals surface area contributed by atoms with Gasteiger partial charge in [-0.05, 0) is 36.8 Å². The molecule has 1 heterocycles. The molecule has 1 aromatic heterocycles. The van der Waals surface area contributed by atoms with Crippen molar-refractivity contribution in [3.05, 3.63) is 63.9 Å². The van der Waals surface area contributed by atoms with E-state index in [0.717, 1.165) is 5.56 Å². The lowest BCUT2D eigenvalue weighted by Crippen LogP contribution is -2.15. The molecule has 0 radical (unpaired) electrons. The minimum Gasteiger partial charge on any atom is -0.345 e. The third-order valence-corrected chi connectivity index (χ3v) is 3.66. The highest BCUT2D eigenvalue weighted by molar-refractivity contribution is 6.44. The van der Waals surface area contributed by atoms with Crippen LogP contribution >= 0.6 is 23.2 Å². The third kappa shape index (κ3) is 4.46. The summed E-state index contributed by atoms with van der Waals surface area (Å²) in [5.41, 5.74) is 1.22. The van der Waals surface area contributed by atoms with Crippen LogP contribution in [-0.2, 0) is 4.79 Å². The van der Waals surface area contributed by atoms with E-state index in [1.54, 1.807) is 30.5 Å². The van der Waals surface area contributed by atoms with Gasteiger partial charge in [0.1, 0.15) is 17.5 Å². The molecule has 0 fully saturated rings. The molecule has 2 rings (SSSR count). The van der Waals surface area contributed by atoms with Gasteiger partial charge in [-0.15, -0.1) is 0 Å². The lowest BCUT2D eigenvalue weighted by atomic mass is 10.2. The number of nitrogens with one attached hydrogen (secondary N) is 2. The van der Waals surface area contributed by atoms with Gasteiger partial charge < -0.3 is 10.6 Å². The number of amides is 1. The van der Waals surface area contributed by atoms with Crippen molar-refractivity contribution in [3.8, 4) is 6.07 Å². The monoisotopic (exact) mass is 346 g/mol. The number of hydrogen-bond acceptors (Lipinski definition) is 4. The number of pyridine rings is 1. The van der Waals surface area contributed by atoms with Crippen LogP contribution in [0.15, 0.2) is 48.3 Å². The Morgan fingerprint density at radius 2 is 2.13 bits per heavy atom. The van der Waals surface area contributed by atoms with Gasteiger partial charge in [0.25, 0.3) is 5.91 Å². The largest absolute Gasteiger partial charge is 0.345 e.